The topological polar surface area (TPSA) is 159 Å². The maximum Gasteiger partial charge on any atom is 0.293 e. The van der Waals surface area contributed by atoms with E-state index in [0.717, 1.165) is 24.9 Å². The summed E-state index contributed by atoms with van der Waals surface area (Å²) in [6, 6.07) is 15.6. The van der Waals surface area contributed by atoms with Gasteiger partial charge in [-0.25, -0.2) is 10.1 Å². The Bertz CT molecular complexity index is 1470. The number of carbonyl (C=O) groups is 1. The van der Waals surface area contributed by atoms with E-state index in [2.05, 4.69) is 43.0 Å². The van der Waals surface area contributed by atoms with Crippen LogP contribution in [0.15, 0.2) is 58.3 Å². The zero-order valence-electron chi connectivity index (χ0n) is 22.4. The first-order valence-electron chi connectivity index (χ1n) is 13.0. The Balaban J connectivity index is 1.30. The number of hydrogen-bond donors (Lipinski definition) is 2. The molecule has 3 N–H and O–H groups in total. The van der Waals surface area contributed by atoms with E-state index in [1.165, 1.54) is 17.3 Å². The summed E-state index contributed by atoms with van der Waals surface area (Å²) in [5, 5.41) is 19.8. The molecular weight excluding hydrogens is 514 g/mol. The van der Waals surface area contributed by atoms with E-state index in [-0.39, 0.29) is 17.3 Å². The molecular formula is C27H31N9O4. The molecule has 1 aliphatic heterocycles. The molecule has 1 amide bonds. The van der Waals surface area contributed by atoms with Crippen LogP contribution in [-0.4, -0.2) is 62.0 Å². The molecule has 0 saturated carbocycles. The average Bonchev–Trinajstić information content (AvgIpc) is 3.59. The maximum atomic E-state index is 13.1. The number of carbonyl (C=O) groups excluding carboxylic acids is 1. The zero-order chi connectivity index (χ0) is 27.9. The number of methoxy groups -OCH3 is 1. The van der Waals surface area contributed by atoms with E-state index in [9.17, 15) is 4.79 Å². The van der Waals surface area contributed by atoms with Gasteiger partial charge in [-0.05, 0) is 65.9 Å². The van der Waals surface area contributed by atoms with Gasteiger partial charge in [0.05, 0.1) is 19.0 Å². The number of aromatic nitrogens is 5. The van der Waals surface area contributed by atoms with Crippen LogP contribution in [0.5, 0.6) is 11.5 Å². The molecule has 13 heteroatoms. The quantitative estimate of drug-likeness (QED) is 0.224. The fourth-order valence-corrected chi connectivity index (χ4v) is 4.55. The summed E-state index contributed by atoms with van der Waals surface area (Å²) in [4.78, 5) is 15.4. The van der Waals surface area contributed by atoms with Crippen LogP contribution < -0.4 is 20.6 Å². The fourth-order valence-electron chi connectivity index (χ4n) is 4.55. The van der Waals surface area contributed by atoms with E-state index in [0.29, 0.717) is 41.9 Å². The van der Waals surface area contributed by atoms with Crippen molar-refractivity contribution >= 4 is 17.9 Å². The van der Waals surface area contributed by atoms with Crippen LogP contribution in [0.25, 0.3) is 5.82 Å². The third kappa shape index (κ3) is 6.10. The van der Waals surface area contributed by atoms with Crippen LogP contribution in [0.4, 0.5) is 5.82 Å². The first-order valence-corrected chi connectivity index (χ1v) is 13.0. The van der Waals surface area contributed by atoms with E-state index in [4.69, 9.17) is 19.8 Å². The van der Waals surface area contributed by atoms with E-state index >= 15 is 0 Å². The van der Waals surface area contributed by atoms with Crippen molar-refractivity contribution in [1.29, 1.82) is 0 Å². The van der Waals surface area contributed by atoms with Crippen LogP contribution in [-0.2, 0) is 13.2 Å². The molecule has 0 aliphatic carbocycles. The molecule has 0 spiro atoms. The van der Waals surface area contributed by atoms with Gasteiger partial charge in [0, 0.05) is 12.6 Å². The Morgan fingerprint density at radius 1 is 1.20 bits per heavy atom. The molecule has 2 aromatic carbocycles. The molecule has 1 atom stereocenters. The number of amides is 1. The van der Waals surface area contributed by atoms with Gasteiger partial charge in [0.15, 0.2) is 17.2 Å². The molecule has 0 bridgehead atoms. The van der Waals surface area contributed by atoms with Crippen LogP contribution in [0.3, 0.4) is 0 Å². The highest BCUT2D eigenvalue weighted by molar-refractivity contribution is 5.94. The van der Waals surface area contributed by atoms with Gasteiger partial charge in [-0.2, -0.15) is 9.78 Å². The van der Waals surface area contributed by atoms with Crippen molar-refractivity contribution in [3.8, 4) is 17.3 Å². The molecule has 1 aliphatic rings. The number of nitrogens with two attached hydrogens (primary N) is 1. The number of benzene rings is 2. The van der Waals surface area contributed by atoms with Crippen LogP contribution in [0, 0.1) is 0 Å². The molecule has 0 unspecified atom stereocenters. The molecule has 1 saturated heterocycles. The second-order valence-electron chi connectivity index (χ2n) is 9.47. The minimum Gasteiger partial charge on any atom is -0.493 e. The van der Waals surface area contributed by atoms with Gasteiger partial charge < -0.3 is 15.2 Å². The summed E-state index contributed by atoms with van der Waals surface area (Å²) in [5.74, 6) is 0.851. The number of hydrazone groups is 1. The first kappa shape index (κ1) is 26.8. The van der Waals surface area contributed by atoms with Crippen molar-refractivity contribution in [1.82, 2.24) is 35.6 Å². The average molecular weight is 546 g/mol. The lowest BCUT2D eigenvalue weighted by Gasteiger charge is -2.33. The number of likely N-dealkylation sites (tertiary alicyclic amines) is 1. The molecule has 40 heavy (non-hydrogen) atoms. The van der Waals surface area contributed by atoms with Gasteiger partial charge >= 0.3 is 0 Å². The lowest BCUT2D eigenvalue weighted by Crippen LogP contribution is -2.38. The smallest absolute Gasteiger partial charge is 0.293 e. The largest absolute Gasteiger partial charge is 0.493 e. The number of hydrogen-bond acceptors (Lipinski definition) is 11. The maximum absolute atomic E-state index is 13.1. The fraction of sp³-hybridized carbons (Fsp3) is 0.333. The molecule has 5 rings (SSSR count). The highest BCUT2D eigenvalue weighted by atomic mass is 16.6. The minimum atomic E-state index is -0.521. The van der Waals surface area contributed by atoms with Gasteiger partial charge in [-0.1, -0.05) is 42.0 Å². The van der Waals surface area contributed by atoms with Crippen molar-refractivity contribution in [3.63, 3.8) is 0 Å². The number of nitrogen functional groups attached to an aromatic ring is 1. The highest BCUT2D eigenvalue weighted by Gasteiger charge is 2.28. The van der Waals surface area contributed by atoms with E-state index in [1.54, 1.807) is 19.2 Å². The monoisotopic (exact) mass is 545 g/mol. The standard InChI is InChI=1S/C27H31N9O4/c1-18-8-6-7-13-35(18)16-21-24(30-34-36(21)26-25(28)32-40-33-26)27(37)31-29-15-20-11-12-22(23(14-20)38-2)39-17-19-9-4-3-5-10-19/h3-5,9-12,14-15,18H,6-8,13,16-17H2,1-2H3,(H2,28,32)(H,31,37)/b29-15+/t18-/m1/s1. The summed E-state index contributed by atoms with van der Waals surface area (Å²) in [5.41, 5.74) is 10.8. The van der Waals surface area contributed by atoms with Gasteiger partial charge in [0.1, 0.15) is 6.61 Å². The van der Waals surface area contributed by atoms with E-state index in [1.807, 2.05) is 36.4 Å². The SMILES string of the molecule is COc1cc(/C=N/NC(=O)c2nnn(-c3nonc3N)c2CN2CCCC[C@H]2C)ccc1OCc1ccccc1. The summed E-state index contributed by atoms with van der Waals surface area (Å²) in [6.45, 7) is 3.89. The number of nitrogens with zero attached hydrogens (tertiary/aromatic N) is 7. The third-order valence-electron chi connectivity index (χ3n) is 6.77. The Labute approximate surface area is 230 Å². The Morgan fingerprint density at radius 3 is 2.80 bits per heavy atom. The van der Waals surface area contributed by atoms with Gasteiger partial charge in [-0.3, -0.25) is 9.69 Å². The first-order chi connectivity index (χ1) is 19.5. The van der Waals surface area contributed by atoms with Crippen LogP contribution >= 0.6 is 0 Å². The number of piperidine rings is 1. The zero-order valence-corrected chi connectivity index (χ0v) is 22.4. The number of anilines is 1. The number of rotatable bonds is 10. The molecule has 1 fully saturated rings. The normalized spacial score (nSPS) is 15.8. The van der Waals surface area contributed by atoms with Gasteiger partial charge in [-0.15, -0.1) is 5.10 Å². The Morgan fingerprint density at radius 2 is 2.05 bits per heavy atom. The lowest BCUT2D eigenvalue weighted by molar-refractivity contribution is 0.0945. The molecule has 0 radical (unpaired) electrons. The Kier molecular flexibility index (Phi) is 8.30. The second kappa shape index (κ2) is 12.4. The predicted octanol–water partition coefficient (Wildman–Crippen LogP) is 2.96. The number of nitrogens with one attached hydrogen (secondary N) is 1. The molecule has 2 aromatic heterocycles. The molecule has 4 aromatic rings. The van der Waals surface area contributed by atoms with E-state index < -0.39 is 5.91 Å². The van der Waals surface area contributed by atoms with Crippen molar-refractivity contribution in [2.45, 2.75) is 45.4 Å². The summed E-state index contributed by atoms with van der Waals surface area (Å²) in [7, 11) is 1.57. The van der Waals surface area contributed by atoms with Crippen molar-refractivity contribution in [2.24, 2.45) is 5.10 Å². The number of ether oxygens (including phenoxy) is 2. The van der Waals surface area contributed by atoms with Crippen molar-refractivity contribution < 1.29 is 18.9 Å². The summed E-state index contributed by atoms with van der Waals surface area (Å²) in [6.07, 6.45) is 4.82. The summed E-state index contributed by atoms with van der Waals surface area (Å²) < 4.78 is 17.5. The third-order valence-corrected chi connectivity index (χ3v) is 6.77. The minimum absolute atomic E-state index is 0.0490. The van der Waals surface area contributed by atoms with Crippen LogP contribution in [0.1, 0.15) is 53.5 Å². The molecule has 208 valence electrons. The Hall–Kier alpha value is -4.78. The van der Waals surface area contributed by atoms with Crippen molar-refractivity contribution in [3.05, 3.63) is 71.0 Å². The van der Waals surface area contributed by atoms with Gasteiger partial charge in [0.25, 0.3) is 5.91 Å². The lowest BCUT2D eigenvalue weighted by atomic mass is 10.0. The predicted molar refractivity (Wildman–Crippen MR) is 146 cm³/mol. The van der Waals surface area contributed by atoms with Gasteiger partial charge in [0.2, 0.25) is 11.6 Å². The van der Waals surface area contributed by atoms with Crippen LogP contribution in [0.2, 0.25) is 0 Å². The second-order valence-corrected chi connectivity index (χ2v) is 9.47. The summed E-state index contributed by atoms with van der Waals surface area (Å²) >= 11 is 0. The van der Waals surface area contributed by atoms with Crippen molar-refractivity contribution in [2.75, 3.05) is 19.4 Å². The molecule has 3 heterocycles. The highest BCUT2D eigenvalue weighted by Crippen LogP contribution is 2.28. The molecule has 13 nitrogen and oxygen atoms in total.